The van der Waals surface area contributed by atoms with Gasteiger partial charge in [-0.05, 0) is 6.92 Å². The standard InChI is InChI=1S/C11H15N3O4/c1-3-18-10(15)4-5-13-9-7-12-6-8(14-9)11(16)17-2/h6-7H,3-5H2,1-2H3,(H,13,14). The van der Waals surface area contributed by atoms with Gasteiger partial charge in [-0.25, -0.2) is 9.78 Å². The summed E-state index contributed by atoms with van der Waals surface area (Å²) in [6.07, 6.45) is 2.98. The summed E-state index contributed by atoms with van der Waals surface area (Å²) in [5.41, 5.74) is 0.110. The maximum Gasteiger partial charge on any atom is 0.358 e. The fourth-order valence-electron chi connectivity index (χ4n) is 1.18. The molecule has 0 aliphatic carbocycles. The van der Waals surface area contributed by atoms with Crippen LogP contribution in [0.25, 0.3) is 0 Å². The number of ether oxygens (including phenoxy) is 2. The Morgan fingerprint density at radius 1 is 1.39 bits per heavy atom. The minimum atomic E-state index is -0.559. The molecule has 0 amide bonds. The number of rotatable bonds is 6. The SMILES string of the molecule is CCOC(=O)CCNc1cncc(C(=O)OC)n1. The molecular weight excluding hydrogens is 238 g/mol. The van der Waals surface area contributed by atoms with Gasteiger partial charge in [0.25, 0.3) is 0 Å². The number of carbonyl (C=O) groups is 2. The third-order valence-corrected chi connectivity index (χ3v) is 1.97. The molecule has 1 aromatic rings. The van der Waals surface area contributed by atoms with Crippen molar-refractivity contribution in [3.8, 4) is 0 Å². The first-order valence-electron chi connectivity index (χ1n) is 5.47. The molecule has 0 aromatic carbocycles. The second-order valence-electron chi connectivity index (χ2n) is 3.26. The van der Waals surface area contributed by atoms with Gasteiger partial charge in [-0.2, -0.15) is 0 Å². The highest BCUT2D eigenvalue weighted by Crippen LogP contribution is 2.03. The summed E-state index contributed by atoms with van der Waals surface area (Å²) in [6.45, 7) is 2.46. The molecule has 1 aromatic heterocycles. The molecular formula is C11H15N3O4. The van der Waals surface area contributed by atoms with Crippen molar-refractivity contribution >= 4 is 17.8 Å². The molecule has 0 aliphatic rings. The molecule has 7 heteroatoms. The van der Waals surface area contributed by atoms with Crippen molar-refractivity contribution in [2.45, 2.75) is 13.3 Å². The monoisotopic (exact) mass is 253 g/mol. The van der Waals surface area contributed by atoms with Crippen molar-refractivity contribution in [1.82, 2.24) is 9.97 Å². The minimum Gasteiger partial charge on any atom is -0.466 e. The predicted molar refractivity (Wildman–Crippen MR) is 63.1 cm³/mol. The maximum atomic E-state index is 11.2. The molecule has 7 nitrogen and oxygen atoms in total. The van der Waals surface area contributed by atoms with Crippen molar-refractivity contribution < 1.29 is 19.1 Å². The third kappa shape index (κ3) is 4.36. The molecule has 1 rings (SSSR count). The van der Waals surface area contributed by atoms with E-state index in [0.717, 1.165) is 0 Å². The summed E-state index contributed by atoms with van der Waals surface area (Å²) in [5, 5.41) is 2.87. The minimum absolute atomic E-state index is 0.110. The van der Waals surface area contributed by atoms with Crippen LogP contribution in [-0.4, -0.2) is 42.2 Å². The Labute approximate surface area is 105 Å². The van der Waals surface area contributed by atoms with Gasteiger partial charge in [-0.15, -0.1) is 0 Å². The molecule has 0 atom stereocenters. The second-order valence-corrected chi connectivity index (χ2v) is 3.26. The quantitative estimate of drug-likeness (QED) is 0.743. The van der Waals surface area contributed by atoms with E-state index in [1.54, 1.807) is 6.92 Å². The van der Waals surface area contributed by atoms with E-state index in [1.807, 2.05) is 0 Å². The first-order chi connectivity index (χ1) is 8.67. The first-order valence-corrected chi connectivity index (χ1v) is 5.47. The highest BCUT2D eigenvalue weighted by molar-refractivity contribution is 5.87. The molecule has 98 valence electrons. The van der Waals surface area contributed by atoms with Crippen LogP contribution >= 0.6 is 0 Å². The highest BCUT2D eigenvalue weighted by atomic mass is 16.5. The lowest BCUT2D eigenvalue weighted by atomic mass is 10.4. The number of carbonyl (C=O) groups excluding carboxylic acids is 2. The maximum absolute atomic E-state index is 11.2. The van der Waals surface area contributed by atoms with E-state index in [9.17, 15) is 9.59 Å². The molecule has 0 radical (unpaired) electrons. The van der Waals surface area contributed by atoms with Crippen molar-refractivity contribution in [3.63, 3.8) is 0 Å². The molecule has 18 heavy (non-hydrogen) atoms. The lowest BCUT2D eigenvalue weighted by Gasteiger charge is -2.05. The topological polar surface area (TPSA) is 90.4 Å². The van der Waals surface area contributed by atoms with Crippen LogP contribution in [-0.2, 0) is 14.3 Å². The normalized spacial score (nSPS) is 9.67. The van der Waals surface area contributed by atoms with Crippen LogP contribution in [0, 0.1) is 0 Å². The smallest absolute Gasteiger partial charge is 0.358 e. The summed E-state index contributed by atoms with van der Waals surface area (Å²) < 4.78 is 9.29. The van der Waals surface area contributed by atoms with E-state index >= 15 is 0 Å². The van der Waals surface area contributed by atoms with E-state index in [4.69, 9.17) is 4.74 Å². The summed E-state index contributed by atoms with van der Waals surface area (Å²) in [4.78, 5) is 30.1. The summed E-state index contributed by atoms with van der Waals surface area (Å²) >= 11 is 0. The van der Waals surface area contributed by atoms with E-state index in [-0.39, 0.29) is 18.1 Å². The number of hydrogen-bond donors (Lipinski definition) is 1. The molecule has 0 saturated carbocycles. The predicted octanol–water partition coefficient (Wildman–Crippen LogP) is 0.628. The number of esters is 2. The Morgan fingerprint density at radius 2 is 2.17 bits per heavy atom. The Bertz CT molecular complexity index is 423. The average molecular weight is 253 g/mol. The van der Waals surface area contributed by atoms with Crippen LogP contribution in [0.4, 0.5) is 5.82 Å². The van der Waals surface area contributed by atoms with Gasteiger partial charge in [0.05, 0.1) is 32.5 Å². The van der Waals surface area contributed by atoms with Gasteiger partial charge in [0.2, 0.25) is 0 Å². The summed E-state index contributed by atoms with van der Waals surface area (Å²) in [5.74, 6) is -0.444. The Morgan fingerprint density at radius 3 is 2.83 bits per heavy atom. The Balaban J connectivity index is 2.47. The molecule has 1 heterocycles. The molecule has 0 fully saturated rings. The summed E-state index contributed by atoms with van der Waals surface area (Å²) in [6, 6.07) is 0. The van der Waals surface area contributed by atoms with Gasteiger partial charge in [0, 0.05) is 6.54 Å². The van der Waals surface area contributed by atoms with Gasteiger partial charge in [0.15, 0.2) is 5.69 Å². The van der Waals surface area contributed by atoms with Crippen molar-refractivity contribution in [1.29, 1.82) is 0 Å². The molecule has 0 unspecified atom stereocenters. The summed E-state index contributed by atoms with van der Waals surface area (Å²) in [7, 11) is 1.27. The fourth-order valence-corrected chi connectivity index (χ4v) is 1.18. The van der Waals surface area contributed by atoms with Crippen LogP contribution < -0.4 is 5.32 Å². The van der Waals surface area contributed by atoms with Crippen LogP contribution in [0.1, 0.15) is 23.8 Å². The number of anilines is 1. The van der Waals surface area contributed by atoms with Gasteiger partial charge in [0.1, 0.15) is 5.82 Å². The number of hydrogen-bond acceptors (Lipinski definition) is 7. The van der Waals surface area contributed by atoms with Crippen LogP contribution in [0.2, 0.25) is 0 Å². The largest absolute Gasteiger partial charge is 0.466 e. The van der Waals surface area contributed by atoms with Gasteiger partial charge >= 0.3 is 11.9 Å². The highest BCUT2D eigenvalue weighted by Gasteiger charge is 2.08. The number of nitrogens with zero attached hydrogens (tertiary/aromatic N) is 2. The zero-order valence-corrected chi connectivity index (χ0v) is 10.3. The Hall–Kier alpha value is -2.18. The molecule has 0 bridgehead atoms. The lowest BCUT2D eigenvalue weighted by molar-refractivity contribution is -0.142. The third-order valence-electron chi connectivity index (χ3n) is 1.97. The van der Waals surface area contributed by atoms with E-state index in [2.05, 4.69) is 20.0 Å². The van der Waals surface area contributed by atoms with E-state index in [1.165, 1.54) is 19.5 Å². The number of methoxy groups -OCH3 is 1. The average Bonchev–Trinajstić information content (AvgIpc) is 2.38. The Kier molecular flexibility index (Phi) is 5.56. The number of nitrogens with one attached hydrogen (secondary N) is 1. The van der Waals surface area contributed by atoms with Crippen molar-refractivity contribution in [2.24, 2.45) is 0 Å². The van der Waals surface area contributed by atoms with Crippen molar-refractivity contribution in [3.05, 3.63) is 18.1 Å². The fraction of sp³-hybridized carbons (Fsp3) is 0.455. The van der Waals surface area contributed by atoms with E-state index in [0.29, 0.717) is 19.0 Å². The van der Waals surface area contributed by atoms with Crippen LogP contribution in [0.3, 0.4) is 0 Å². The zero-order chi connectivity index (χ0) is 13.4. The van der Waals surface area contributed by atoms with Gasteiger partial charge in [-0.1, -0.05) is 0 Å². The molecule has 1 N–H and O–H groups in total. The molecule has 0 aliphatic heterocycles. The van der Waals surface area contributed by atoms with Gasteiger partial charge in [-0.3, -0.25) is 9.78 Å². The lowest BCUT2D eigenvalue weighted by Crippen LogP contribution is -2.13. The van der Waals surface area contributed by atoms with Crippen molar-refractivity contribution in [2.75, 3.05) is 25.6 Å². The second kappa shape index (κ2) is 7.21. The molecule has 0 spiro atoms. The number of aromatic nitrogens is 2. The first kappa shape index (κ1) is 13.9. The van der Waals surface area contributed by atoms with Gasteiger partial charge < -0.3 is 14.8 Å². The van der Waals surface area contributed by atoms with Crippen LogP contribution in [0.5, 0.6) is 0 Å². The van der Waals surface area contributed by atoms with E-state index < -0.39 is 5.97 Å². The molecule has 0 saturated heterocycles. The zero-order valence-electron chi connectivity index (χ0n) is 10.3. The van der Waals surface area contributed by atoms with Crippen LogP contribution in [0.15, 0.2) is 12.4 Å².